The predicted molar refractivity (Wildman–Crippen MR) is 97.7 cm³/mol. The Bertz CT molecular complexity index is 1130. The minimum Gasteiger partial charge on any atom is -0.306 e. The lowest BCUT2D eigenvalue weighted by molar-refractivity contribution is 0.872. The first-order chi connectivity index (χ1) is 12.0. The molecule has 3 heterocycles. The van der Waals surface area contributed by atoms with Crippen LogP contribution < -0.4 is 5.56 Å². The maximum absolute atomic E-state index is 12.4. The zero-order chi connectivity index (χ0) is 17.6. The van der Waals surface area contributed by atoms with Crippen molar-refractivity contribution in [2.75, 3.05) is 0 Å². The van der Waals surface area contributed by atoms with Crippen molar-refractivity contribution in [1.29, 1.82) is 0 Å². The van der Waals surface area contributed by atoms with Gasteiger partial charge in [-0.1, -0.05) is 15.9 Å². The van der Waals surface area contributed by atoms with Crippen molar-refractivity contribution in [2.45, 2.75) is 13.8 Å². The topological polar surface area (TPSA) is 89.4 Å². The van der Waals surface area contributed by atoms with Crippen LogP contribution in [0.25, 0.3) is 28.1 Å². The van der Waals surface area contributed by atoms with Gasteiger partial charge >= 0.3 is 0 Å². The number of H-pyrrole nitrogens is 1. The first-order valence-corrected chi connectivity index (χ1v) is 8.36. The Morgan fingerprint density at radius 3 is 2.60 bits per heavy atom. The van der Waals surface area contributed by atoms with Crippen LogP contribution in [-0.2, 0) is 0 Å². The first-order valence-electron chi connectivity index (χ1n) is 7.57. The monoisotopic (exact) mass is 396 g/mol. The van der Waals surface area contributed by atoms with Crippen LogP contribution in [0.3, 0.4) is 0 Å². The zero-order valence-corrected chi connectivity index (χ0v) is 15.1. The molecule has 0 aliphatic carbocycles. The number of aryl methyl sites for hydroxylation is 2. The highest BCUT2D eigenvalue weighted by molar-refractivity contribution is 9.10. The summed E-state index contributed by atoms with van der Waals surface area (Å²) in [5.41, 5.74) is 3.87. The van der Waals surface area contributed by atoms with Crippen LogP contribution in [0.5, 0.6) is 0 Å². The van der Waals surface area contributed by atoms with E-state index in [2.05, 4.69) is 41.2 Å². The predicted octanol–water partition coefficient (Wildman–Crippen LogP) is 2.95. The van der Waals surface area contributed by atoms with E-state index in [1.165, 1.54) is 0 Å². The van der Waals surface area contributed by atoms with Gasteiger partial charge < -0.3 is 4.98 Å². The smallest absolute Gasteiger partial charge is 0.262 e. The molecule has 124 valence electrons. The van der Waals surface area contributed by atoms with E-state index in [-0.39, 0.29) is 5.56 Å². The molecule has 0 atom stereocenters. The molecule has 0 fully saturated rings. The standard InChI is InChI=1S/C17H13BrN6O/c1-9-5-12(18)6-10(2)14(9)24-8-13-16(23-24)21-15(22-17(13)25)11-3-4-19-20-7-11/h3-8H,1-2H3,(H,21,22,23,25). The summed E-state index contributed by atoms with van der Waals surface area (Å²) in [4.78, 5) is 19.7. The Hall–Kier alpha value is -2.87. The highest BCUT2D eigenvalue weighted by Crippen LogP contribution is 2.24. The summed E-state index contributed by atoms with van der Waals surface area (Å²) in [6, 6.07) is 5.76. The Morgan fingerprint density at radius 1 is 1.16 bits per heavy atom. The summed E-state index contributed by atoms with van der Waals surface area (Å²) in [5, 5.41) is 12.5. The van der Waals surface area contributed by atoms with Crippen molar-refractivity contribution < 1.29 is 0 Å². The summed E-state index contributed by atoms with van der Waals surface area (Å²) >= 11 is 3.49. The molecule has 0 aliphatic rings. The molecule has 0 radical (unpaired) electrons. The van der Waals surface area contributed by atoms with Gasteiger partial charge in [0.15, 0.2) is 5.65 Å². The lowest BCUT2D eigenvalue weighted by Gasteiger charge is -2.10. The Labute approximate surface area is 150 Å². The lowest BCUT2D eigenvalue weighted by atomic mass is 10.1. The van der Waals surface area contributed by atoms with E-state index in [1.54, 1.807) is 29.3 Å². The molecule has 4 aromatic rings. The fourth-order valence-corrected chi connectivity index (χ4v) is 3.55. The van der Waals surface area contributed by atoms with Crippen molar-refractivity contribution >= 4 is 27.0 Å². The summed E-state index contributed by atoms with van der Waals surface area (Å²) in [6.45, 7) is 4.01. The molecule has 1 aromatic carbocycles. The maximum atomic E-state index is 12.4. The van der Waals surface area contributed by atoms with E-state index in [4.69, 9.17) is 0 Å². The number of aromatic nitrogens is 6. The maximum Gasteiger partial charge on any atom is 0.262 e. The highest BCUT2D eigenvalue weighted by atomic mass is 79.9. The van der Waals surface area contributed by atoms with Crippen molar-refractivity contribution in [1.82, 2.24) is 29.9 Å². The Morgan fingerprint density at radius 2 is 1.92 bits per heavy atom. The van der Waals surface area contributed by atoms with Gasteiger partial charge in [-0.05, 0) is 43.2 Å². The van der Waals surface area contributed by atoms with Crippen molar-refractivity contribution in [3.05, 3.63) is 62.7 Å². The van der Waals surface area contributed by atoms with E-state index in [9.17, 15) is 4.79 Å². The van der Waals surface area contributed by atoms with Gasteiger partial charge in [0.1, 0.15) is 11.2 Å². The average Bonchev–Trinajstić information content (AvgIpc) is 2.99. The third-order valence-electron chi connectivity index (χ3n) is 3.93. The van der Waals surface area contributed by atoms with Crippen LogP contribution in [0.15, 0.2) is 46.1 Å². The number of aromatic amines is 1. The molecule has 0 spiro atoms. The summed E-state index contributed by atoms with van der Waals surface area (Å²) in [7, 11) is 0. The number of nitrogens with zero attached hydrogens (tertiary/aromatic N) is 5. The fourth-order valence-electron chi connectivity index (χ4n) is 2.86. The van der Waals surface area contributed by atoms with Gasteiger partial charge in [0.05, 0.1) is 18.1 Å². The summed E-state index contributed by atoms with van der Waals surface area (Å²) < 4.78 is 2.71. The molecule has 0 unspecified atom stereocenters. The van der Waals surface area contributed by atoms with Crippen LogP contribution in [0, 0.1) is 13.8 Å². The molecule has 8 heteroatoms. The van der Waals surface area contributed by atoms with Crippen LogP contribution in [0.1, 0.15) is 11.1 Å². The second-order valence-electron chi connectivity index (χ2n) is 5.74. The van der Waals surface area contributed by atoms with E-state index in [0.29, 0.717) is 22.4 Å². The van der Waals surface area contributed by atoms with Crippen LogP contribution in [0.4, 0.5) is 0 Å². The third kappa shape index (κ3) is 2.74. The van der Waals surface area contributed by atoms with E-state index >= 15 is 0 Å². The van der Waals surface area contributed by atoms with Gasteiger partial charge in [-0.25, -0.2) is 9.67 Å². The van der Waals surface area contributed by atoms with Gasteiger partial charge in [-0.15, -0.1) is 5.10 Å². The highest BCUT2D eigenvalue weighted by Gasteiger charge is 2.14. The van der Waals surface area contributed by atoms with Gasteiger partial charge in [0.25, 0.3) is 5.56 Å². The van der Waals surface area contributed by atoms with E-state index in [1.807, 2.05) is 26.0 Å². The van der Waals surface area contributed by atoms with Gasteiger partial charge in [0.2, 0.25) is 0 Å². The molecule has 1 N–H and O–H groups in total. The van der Waals surface area contributed by atoms with Crippen molar-refractivity contribution in [3.63, 3.8) is 0 Å². The normalized spacial score (nSPS) is 11.2. The number of nitrogens with one attached hydrogen (secondary N) is 1. The summed E-state index contributed by atoms with van der Waals surface area (Å²) in [5.74, 6) is 0.418. The van der Waals surface area contributed by atoms with E-state index in [0.717, 1.165) is 21.3 Å². The second-order valence-corrected chi connectivity index (χ2v) is 6.66. The number of halogens is 1. The first kappa shape index (κ1) is 15.6. The van der Waals surface area contributed by atoms with Gasteiger partial charge in [0, 0.05) is 16.2 Å². The number of fused-ring (bicyclic) bond motifs is 1. The van der Waals surface area contributed by atoms with Crippen molar-refractivity contribution in [2.24, 2.45) is 0 Å². The van der Waals surface area contributed by atoms with Gasteiger partial charge in [-0.2, -0.15) is 10.2 Å². The zero-order valence-electron chi connectivity index (χ0n) is 13.5. The number of hydrogen-bond donors (Lipinski definition) is 1. The number of rotatable bonds is 2. The number of benzene rings is 1. The minimum absolute atomic E-state index is 0.240. The van der Waals surface area contributed by atoms with Gasteiger partial charge in [-0.3, -0.25) is 4.79 Å². The molecule has 7 nitrogen and oxygen atoms in total. The Balaban J connectivity index is 1.92. The van der Waals surface area contributed by atoms with Crippen LogP contribution in [-0.4, -0.2) is 29.9 Å². The molecule has 3 aromatic heterocycles. The SMILES string of the molecule is Cc1cc(Br)cc(C)c1-n1cc2c(=O)[nH]c(-c3ccnnc3)nc2n1. The van der Waals surface area contributed by atoms with E-state index < -0.39 is 0 Å². The molecule has 4 rings (SSSR count). The molecular formula is C17H13BrN6O. The fraction of sp³-hybridized carbons (Fsp3) is 0.118. The molecule has 0 amide bonds. The molecule has 0 saturated carbocycles. The van der Waals surface area contributed by atoms with Crippen LogP contribution in [0.2, 0.25) is 0 Å². The lowest BCUT2D eigenvalue weighted by Crippen LogP contribution is -2.08. The quantitative estimate of drug-likeness (QED) is 0.562. The van der Waals surface area contributed by atoms with Crippen molar-refractivity contribution in [3.8, 4) is 17.1 Å². The third-order valence-corrected chi connectivity index (χ3v) is 4.39. The summed E-state index contributed by atoms with van der Waals surface area (Å²) in [6.07, 6.45) is 4.80. The minimum atomic E-state index is -0.240. The molecule has 25 heavy (non-hydrogen) atoms. The molecule has 0 bridgehead atoms. The molecule has 0 saturated heterocycles. The largest absolute Gasteiger partial charge is 0.306 e. The van der Waals surface area contributed by atoms with Crippen LogP contribution >= 0.6 is 15.9 Å². The average molecular weight is 397 g/mol. The molecular weight excluding hydrogens is 384 g/mol. The molecule has 0 aliphatic heterocycles. The number of hydrogen-bond acceptors (Lipinski definition) is 5. The second kappa shape index (κ2) is 5.89. The Kier molecular flexibility index (Phi) is 3.69.